The molecule has 1 fully saturated rings. The van der Waals surface area contributed by atoms with Crippen molar-refractivity contribution in [2.24, 2.45) is 13.0 Å². The second-order valence-electron chi connectivity index (χ2n) is 10.2. The summed E-state index contributed by atoms with van der Waals surface area (Å²) in [5.41, 5.74) is 8.10. The first-order valence-electron chi connectivity index (χ1n) is 13.1. The molecular weight excluding hydrogens is 478 g/mol. The van der Waals surface area contributed by atoms with Crippen LogP contribution in [0.2, 0.25) is 0 Å². The monoisotopic (exact) mass is 509 g/mol. The molecule has 0 radical (unpaired) electrons. The Morgan fingerprint density at radius 2 is 1.89 bits per heavy atom. The van der Waals surface area contributed by atoms with E-state index >= 15 is 0 Å². The minimum Gasteiger partial charge on any atom is -0.481 e. The SMILES string of the molecule is Cc1nnn(C)c1-c1cnc2c3cc(CCC(=O)O)ccc3n(C(c3ccccc3)C3CCOCC3)c2c1. The van der Waals surface area contributed by atoms with Crippen molar-refractivity contribution in [3.05, 3.63) is 77.6 Å². The molecule has 0 bridgehead atoms. The molecule has 1 N–H and O–H groups in total. The molecule has 3 aromatic heterocycles. The fourth-order valence-electron chi connectivity index (χ4n) is 5.96. The zero-order chi connectivity index (χ0) is 26.2. The van der Waals surface area contributed by atoms with E-state index in [2.05, 4.69) is 69.5 Å². The molecule has 6 rings (SSSR count). The Labute approximate surface area is 220 Å². The van der Waals surface area contributed by atoms with Crippen molar-refractivity contribution in [3.63, 3.8) is 0 Å². The molecule has 0 aliphatic carbocycles. The van der Waals surface area contributed by atoms with Gasteiger partial charge in [-0.15, -0.1) is 5.10 Å². The molecule has 4 heterocycles. The van der Waals surface area contributed by atoms with Gasteiger partial charge in [0, 0.05) is 43.8 Å². The number of benzene rings is 2. The molecule has 0 saturated carbocycles. The highest BCUT2D eigenvalue weighted by molar-refractivity contribution is 6.07. The number of ether oxygens (including phenoxy) is 1. The number of aliphatic carboxylic acids is 1. The van der Waals surface area contributed by atoms with Gasteiger partial charge in [0.25, 0.3) is 0 Å². The summed E-state index contributed by atoms with van der Waals surface area (Å²) in [6.07, 6.45) is 4.44. The molecule has 0 spiro atoms. The number of carboxylic acids is 1. The number of hydrogen-bond acceptors (Lipinski definition) is 5. The molecule has 194 valence electrons. The number of aryl methyl sites for hydroxylation is 3. The Morgan fingerprint density at radius 3 is 2.61 bits per heavy atom. The van der Waals surface area contributed by atoms with Gasteiger partial charge in [-0.25, -0.2) is 4.68 Å². The van der Waals surface area contributed by atoms with Crippen molar-refractivity contribution in [2.45, 2.75) is 38.6 Å². The number of carboxylic acid groups (broad SMARTS) is 1. The van der Waals surface area contributed by atoms with E-state index < -0.39 is 5.97 Å². The highest BCUT2D eigenvalue weighted by Gasteiger charge is 2.30. The maximum absolute atomic E-state index is 11.2. The van der Waals surface area contributed by atoms with Crippen LogP contribution in [0.25, 0.3) is 33.2 Å². The number of hydrogen-bond donors (Lipinski definition) is 1. The van der Waals surface area contributed by atoms with Gasteiger partial charge < -0.3 is 14.4 Å². The number of fused-ring (bicyclic) bond motifs is 3. The second kappa shape index (κ2) is 10.0. The molecule has 8 nitrogen and oxygen atoms in total. The minimum absolute atomic E-state index is 0.100. The summed E-state index contributed by atoms with van der Waals surface area (Å²) in [5.74, 6) is -0.389. The third-order valence-corrected chi connectivity index (χ3v) is 7.73. The molecule has 1 unspecified atom stereocenters. The van der Waals surface area contributed by atoms with Gasteiger partial charge in [-0.2, -0.15) is 0 Å². The molecule has 8 heteroatoms. The summed E-state index contributed by atoms with van der Waals surface area (Å²) in [4.78, 5) is 16.2. The molecule has 1 atom stereocenters. The average Bonchev–Trinajstić information content (AvgIpc) is 3.44. The zero-order valence-corrected chi connectivity index (χ0v) is 21.7. The molecule has 5 aromatic rings. The third-order valence-electron chi connectivity index (χ3n) is 7.73. The second-order valence-corrected chi connectivity index (χ2v) is 10.2. The van der Waals surface area contributed by atoms with Crippen LogP contribution in [0.1, 0.15) is 42.1 Å². The smallest absolute Gasteiger partial charge is 0.303 e. The molecule has 0 amide bonds. The van der Waals surface area contributed by atoms with Crippen molar-refractivity contribution in [2.75, 3.05) is 13.2 Å². The highest BCUT2D eigenvalue weighted by atomic mass is 16.5. The molecule has 1 aliphatic heterocycles. The van der Waals surface area contributed by atoms with Crippen LogP contribution in [0.5, 0.6) is 0 Å². The first kappa shape index (κ1) is 24.3. The predicted octanol–water partition coefficient (Wildman–Crippen LogP) is 5.33. The Kier molecular flexibility index (Phi) is 6.41. The first-order chi connectivity index (χ1) is 18.5. The number of rotatable bonds is 7. The van der Waals surface area contributed by atoms with Crippen LogP contribution in [-0.4, -0.2) is 48.8 Å². The maximum atomic E-state index is 11.2. The molecule has 38 heavy (non-hydrogen) atoms. The molecule has 2 aromatic carbocycles. The van der Waals surface area contributed by atoms with Crippen LogP contribution in [-0.2, 0) is 23.0 Å². The van der Waals surface area contributed by atoms with Gasteiger partial charge in [0.2, 0.25) is 0 Å². The van der Waals surface area contributed by atoms with Gasteiger partial charge in [0.1, 0.15) is 0 Å². The van der Waals surface area contributed by atoms with Crippen molar-refractivity contribution in [3.8, 4) is 11.3 Å². The van der Waals surface area contributed by atoms with Crippen LogP contribution in [0.4, 0.5) is 0 Å². The van der Waals surface area contributed by atoms with Gasteiger partial charge in [0.05, 0.1) is 34.0 Å². The van der Waals surface area contributed by atoms with E-state index in [4.69, 9.17) is 9.72 Å². The minimum atomic E-state index is -0.792. The lowest BCUT2D eigenvalue weighted by molar-refractivity contribution is -0.136. The van der Waals surface area contributed by atoms with Crippen LogP contribution < -0.4 is 0 Å². The normalized spacial score (nSPS) is 15.3. The Balaban J connectivity index is 1.62. The van der Waals surface area contributed by atoms with Gasteiger partial charge in [-0.05, 0) is 61.4 Å². The maximum Gasteiger partial charge on any atom is 0.303 e. The summed E-state index contributed by atoms with van der Waals surface area (Å²) in [6.45, 7) is 3.48. The third kappa shape index (κ3) is 4.35. The summed E-state index contributed by atoms with van der Waals surface area (Å²) >= 11 is 0. The number of carbonyl (C=O) groups is 1. The lowest BCUT2D eigenvalue weighted by Crippen LogP contribution is -2.26. The zero-order valence-electron chi connectivity index (χ0n) is 21.7. The quantitative estimate of drug-likeness (QED) is 0.319. The number of nitrogens with zero attached hydrogens (tertiary/aromatic N) is 5. The largest absolute Gasteiger partial charge is 0.481 e. The Hall–Kier alpha value is -4.04. The van der Waals surface area contributed by atoms with E-state index in [0.29, 0.717) is 12.3 Å². The fraction of sp³-hybridized carbons (Fsp3) is 0.333. The van der Waals surface area contributed by atoms with Gasteiger partial charge in [-0.1, -0.05) is 41.6 Å². The van der Waals surface area contributed by atoms with Crippen LogP contribution in [0.15, 0.2) is 60.8 Å². The molecule has 1 aliphatic rings. The standard InChI is InChI=1S/C30H31N5O3/c1-19-29(34(2)33-32-19)23-17-26-28(31-18-23)24-16-20(9-11-27(36)37)8-10-25(24)35(26)30(21-6-4-3-5-7-21)22-12-14-38-15-13-22/h3-8,10,16-18,22,30H,9,11-15H2,1-2H3,(H,36,37). The number of aromatic nitrogens is 5. The van der Waals surface area contributed by atoms with E-state index in [-0.39, 0.29) is 12.5 Å². The highest BCUT2D eigenvalue weighted by Crippen LogP contribution is 2.41. The van der Waals surface area contributed by atoms with Gasteiger partial charge >= 0.3 is 5.97 Å². The molecular formula is C30H31N5O3. The average molecular weight is 510 g/mol. The summed E-state index contributed by atoms with van der Waals surface area (Å²) < 4.78 is 9.99. The van der Waals surface area contributed by atoms with E-state index in [0.717, 1.165) is 70.5 Å². The van der Waals surface area contributed by atoms with Crippen molar-refractivity contribution in [1.29, 1.82) is 0 Å². The van der Waals surface area contributed by atoms with E-state index in [9.17, 15) is 9.90 Å². The fourth-order valence-corrected chi connectivity index (χ4v) is 5.96. The first-order valence-corrected chi connectivity index (χ1v) is 13.1. The van der Waals surface area contributed by atoms with E-state index in [1.54, 1.807) is 4.68 Å². The topological polar surface area (TPSA) is 95.1 Å². The van der Waals surface area contributed by atoms with Crippen molar-refractivity contribution in [1.82, 2.24) is 24.5 Å². The Bertz CT molecular complexity index is 1600. The van der Waals surface area contributed by atoms with Crippen molar-refractivity contribution < 1.29 is 14.6 Å². The van der Waals surface area contributed by atoms with Crippen molar-refractivity contribution >= 4 is 27.9 Å². The summed E-state index contributed by atoms with van der Waals surface area (Å²) in [6, 6.07) is 19.3. The van der Waals surface area contributed by atoms with Crippen LogP contribution >= 0.6 is 0 Å². The van der Waals surface area contributed by atoms with E-state index in [1.165, 1.54) is 5.56 Å². The lowest BCUT2D eigenvalue weighted by atomic mass is 9.86. The summed E-state index contributed by atoms with van der Waals surface area (Å²) in [7, 11) is 1.90. The van der Waals surface area contributed by atoms with Crippen LogP contribution in [0.3, 0.4) is 0 Å². The van der Waals surface area contributed by atoms with Gasteiger partial charge in [0.15, 0.2) is 0 Å². The van der Waals surface area contributed by atoms with E-state index in [1.807, 2.05) is 20.2 Å². The lowest BCUT2D eigenvalue weighted by Gasteiger charge is -2.33. The summed E-state index contributed by atoms with van der Waals surface area (Å²) in [5, 5.41) is 18.7. The van der Waals surface area contributed by atoms with Crippen LogP contribution in [0, 0.1) is 12.8 Å². The number of pyridine rings is 1. The Morgan fingerprint density at radius 1 is 1.11 bits per heavy atom. The molecule has 1 saturated heterocycles. The van der Waals surface area contributed by atoms with Gasteiger partial charge in [-0.3, -0.25) is 9.78 Å². The predicted molar refractivity (Wildman–Crippen MR) is 146 cm³/mol.